The van der Waals surface area contributed by atoms with E-state index in [4.69, 9.17) is 10.8 Å². The van der Waals surface area contributed by atoms with Gasteiger partial charge < -0.3 is 20.9 Å². The van der Waals surface area contributed by atoms with Crippen LogP contribution in [-0.2, 0) is 14.3 Å². The molecule has 0 aliphatic rings. The van der Waals surface area contributed by atoms with Crippen molar-refractivity contribution in [2.24, 2.45) is 5.73 Å². The highest BCUT2D eigenvalue weighted by atomic mass is 16.5. The average Bonchev–Trinajstić information content (AvgIpc) is 2.35. The van der Waals surface area contributed by atoms with Crippen molar-refractivity contribution >= 4 is 17.6 Å². The highest BCUT2D eigenvalue weighted by Crippen LogP contribution is 2.14. The van der Waals surface area contributed by atoms with E-state index in [1.54, 1.807) is 24.3 Å². The van der Waals surface area contributed by atoms with Gasteiger partial charge in [0.25, 0.3) is 0 Å². The van der Waals surface area contributed by atoms with Gasteiger partial charge in [0, 0.05) is 5.69 Å². The number of hydrogen-bond acceptors (Lipinski definition) is 5. The van der Waals surface area contributed by atoms with E-state index in [0.29, 0.717) is 11.3 Å². The van der Waals surface area contributed by atoms with E-state index < -0.39 is 12.0 Å². The molecule has 1 atom stereocenters. The zero-order valence-electron chi connectivity index (χ0n) is 9.34. The Morgan fingerprint density at radius 2 is 2.00 bits per heavy atom. The molecule has 0 spiro atoms. The van der Waals surface area contributed by atoms with Gasteiger partial charge in [-0.05, 0) is 17.7 Å². The Balaban J connectivity index is 2.62. The van der Waals surface area contributed by atoms with Crippen molar-refractivity contribution < 1.29 is 19.4 Å². The number of anilines is 1. The summed E-state index contributed by atoms with van der Waals surface area (Å²) in [6, 6.07) is 5.46. The number of nitrogens with one attached hydrogen (secondary N) is 1. The molecule has 0 heterocycles. The lowest BCUT2D eigenvalue weighted by Gasteiger charge is -2.09. The van der Waals surface area contributed by atoms with Crippen LogP contribution in [0.25, 0.3) is 0 Å². The van der Waals surface area contributed by atoms with Gasteiger partial charge in [0.2, 0.25) is 0 Å². The minimum atomic E-state index is -1.08. The van der Waals surface area contributed by atoms with Crippen LogP contribution in [0.2, 0.25) is 0 Å². The van der Waals surface area contributed by atoms with Gasteiger partial charge in [-0.2, -0.15) is 0 Å². The van der Waals surface area contributed by atoms with Crippen molar-refractivity contribution in [3.8, 4) is 0 Å². The Morgan fingerprint density at radius 1 is 1.41 bits per heavy atom. The molecule has 1 unspecified atom stereocenters. The Hall–Kier alpha value is -2.08. The van der Waals surface area contributed by atoms with Crippen LogP contribution in [0, 0.1) is 0 Å². The topological polar surface area (TPSA) is 102 Å². The first-order valence-corrected chi connectivity index (χ1v) is 4.93. The monoisotopic (exact) mass is 238 g/mol. The summed E-state index contributed by atoms with van der Waals surface area (Å²) in [6.07, 6.45) is 0. The Morgan fingerprint density at radius 3 is 2.47 bits per heavy atom. The summed E-state index contributed by atoms with van der Waals surface area (Å²) in [5, 5.41) is 11.5. The lowest BCUT2D eigenvalue weighted by molar-refractivity contribution is -0.139. The van der Waals surface area contributed by atoms with Crippen molar-refractivity contribution in [2.75, 3.05) is 19.0 Å². The number of carboxylic acid groups (broad SMARTS) is 1. The smallest absolute Gasteiger partial charge is 0.325 e. The Labute approximate surface area is 98.4 Å². The summed E-state index contributed by atoms with van der Waals surface area (Å²) in [7, 11) is 1.30. The molecule has 17 heavy (non-hydrogen) atoms. The van der Waals surface area contributed by atoms with Gasteiger partial charge in [0.15, 0.2) is 0 Å². The molecule has 6 heteroatoms. The van der Waals surface area contributed by atoms with Gasteiger partial charge in [0.05, 0.1) is 7.11 Å². The van der Waals surface area contributed by atoms with Gasteiger partial charge in [-0.15, -0.1) is 0 Å². The maximum absolute atomic E-state index is 10.9. The van der Waals surface area contributed by atoms with Crippen molar-refractivity contribution in [3.05, 3.63) is 29.8 Å². The summed E-state index contributed by atoms with van der Waals surface area (Å²) < 4.78 is 4.47. The van der Waals surface area contributed by atoms with Crippen LogP contribution in [-0.4, -0.2) is 30.7 Å². The Bertz CT molecular complexity index is 402. The van der Waals surface area contributed by atoms with E-state index in [1.807, 2.05) is 0 Å². The number of ether oxygens (including phenoxy) is 1. The van der Waals surface area contributed by atoms with Gasteiger partial charge in [-0.25, -0.2) is 0 Å². The summed E-state index contributed by atoms with van der Waals surface area (Å²) in [5.41, 5.74) is 6.63. The van der Waals surface area contributed by atoms with E-state index >= 15 is 0 Å². The van der Waals surface area contributed by atoms with Crippen LogP contribution in [0.4, 0.5) is 5.69 Å². The molecule has 1 aromatic rings. The molecule has 0 bridgehead atoms. The summed E-state index contributed by atoms with van der Waals surface area (Å²) >= 11 is 0. The zero-order valence-corrected chi connectivity index (χ0v) is 9.34. The number of nitrogens with two attached hydrogens (primary N) is 1. The van der Waals surface area contributed by atoms with Gasteiger partial charge in [-0.1, -0.05) is 12.1 Å². The maximum Gasteiger partial charge on any atom is 0.325 e. The van der Waals surface area contributed by atoms with Gasteiger partial charge >= 0.3 is 11.9 Å². The molecule has 0 saturated heterocycles. The molecule has 0 aliphatic heterocycles. The second kappa shape index (κ2) is 5.86. The molecule has 0 radical (unpaired) electrons. The molecule has 0 aliphatic carbocycles. The van der Waals surface area contributed by atoms with E-state index in [9.17, 15) is 9.59 Å². The number of esters is 1. The van der Waals surface area contributed by atoms with Crippen molar-refractivity contribution in [2.45, 2.75) is 6.04 Å². The average molecular weight is 238 g/mol. The minimum absolute atomic E-state index is 0.0564. The quantitative estimate of drug-likeness (QED) is 0.640. The molecule has 6 nitrogen and oxygen atoms in total. The first-order valence-electron chi connectivity index (χ1n) is 4.93. The standard InChI is InChI=1S/C11H14N2O4/c1-17-9(14)6-13-8-4-2-7(3-5-8)10(12)11(15)16/h2-5,10,13H,6,12H2,1H3,(H,15,16). The third-order valence-corrected chi connectivity index (χ3v) is 2.20. The summed E-state index contributed by atoms with van der Waals surface area (Å²) in [5.74, 6) is -1.46. The summed E-state index contributed by atoms with van der Waals surface area (Å²) in [4.78, 5) is 21.5. The van der Waals surface area contributed by atoms with Crippen molar-refractivity contribution in [1.82, 2.24) is 0 Å². The lowest BCUT2D eigenvalue weighted by Crippen LogP contribution is -2.20. The van der Waals surface area contributed by atoms with Crippen LogP contribution in [0.3, 0.4) is 0 Å². The van der Waals surface area contributed by atoms with Gasteiger partial charge in [-0.3, -0.25) is 9.59 Å². The Kier molecular flexibility index (Phi) is 4.47. The first kappa shape index (κ1) is 13.0. The lowest BCUT2D eigenvalue weighted by atomic mass is 10.1. The number of carbonyl (C=O) groups is 2. The number of carbonyl (C=O) groups excluding carboxylic acids is 1. The molecular weight excluding hydrogens is 224 g/mol. The largest absolute Gasteiger partial charge is 0.480 e. The number of benzene rings is 1. The summed E-state index contributed by atoms with van der Waals surface area (Å²) in [6.45, 7) is 0.0564. The molecule has 1 rings (SSSR count). The second-order valence-electron chi connectivity index (χ2n) is 3.37. The predicted molar refractivity (Wildman–Crippen MR) is 61.5 cm³/mol. The van der Waals surface area contributed by atoms with Crippen LogP contribution in [0.5, 0.6) is 0 Å². The van der Waals surface area contributed by atoms with Crippen LogP contribution in [0.15, 0.2) is 24.3 Å². The molecule has 1 aromatic carbocycles. The van der Waals surface area contributed by atoms with Crippen molar-refractivity contribution in [1.29, 1.82) is 0 Å². The molecule has 0 amide bonds. The molecule has 4 N–H and O–H groups in total. The highest BCUT2D eigenvalue weighted by molar-refractivity contribution is 5.76. The van der Waals surface area contributed by atoms with Gasteiger partial charge in [0.1, 0.15) is 12.6 Å². The normalized spacial score (nSPS) is 11.6. The molecule has 0 fully saturated rings. The molecule has 0 saturated carbocycles. The number of aliphatic carboxylic acids is 1. The van der Waals surface area contributed by atoms with Crippen molar-refractivity contribution in [3.63, 3.8) is 0 Å². The van der Waals surface area contributed by atoms with Crippen LogP contribution < -0.4 is 11.1 Å². The fourth-order valence-corrected chi connectivity index (χ4v) is 1.20. The SMILES string of the molecule is COC(=O)CNc1ccc(C(N)C(=O)O)cc1. The third kappa shape index (κ3) is 3.76. The number of methoxy groups -OCH3 is 1. The van der Waals surface area contributed by atoms with E-state index in [-0.39, 0.29) is 12.5 Å². The molecule has 0 aromatic heterocycles. The predicted octanol–water partition coefficient (Wildman–Crippen LogP) is 0.356. The number of hydrogen-bond donors (Lipinski definition) is 3. The fraction of sp³-hybridized carbons (Fsp3) is 0.273. The molecule has 92 valence electrons. The zero-order chi connectivity index (χ0) is 12.8. The van der Waals surface area contributed by atoms with Crippen LogP contribution >= 0.6 is 0 Å². The van der Waals surface area contributed by atoms with Crippen LogP contribution in [0.1, 0.15) is 11.6 Å². The minimum Gasteiger partial charge on any atom is -0.480 e. The molecular formula is C11H14N2O4. The number of carboxylic acids is 1. The first-order chi connectivity index (χ1) is 8.04. The van der Waals surface area contributed by atoms with E-state index in [1.165, 1.54) is 7.11 Å². The highest BCUT2D eigenvalue weighted by Gasteiger charge is 2.13. The number of rotatable bonds is 5. The second-order valence-corrected chi connectivity index (χ2v) is 3.37. The third-order valence-electron chi connectivity index (χ3n) is 2.20. The van der Waals surface area contributed by atoms with E-state index in [0.717, 1.165) is 0 Å². The van der Waals surface area contributed by atoms with E-state index in [2.05, 4.69) is 10.1 Å². The fourth-order valence-electron chi connectivity index (χ4n) is 1.20. The maximum atomic E-state index is 10.9.